The highest BCUT2D eigenvalue weighted by Gasteiger charge is 2.22. The standard InChI is InChI=1S/C14H8BrF2NO2S/c15-12-5-9(7-21-12)13(19)11(6-18)8-1-3-10(4-2-8)20-14(16)17/h1-5,7,11,14H. The Morgan fingerprint density at radius 2 is 2.00 bits per heavy atom. The Balaban J connectivity index is 2.21. The lowest BCUT2D eigenvalue weighted by atomic mass is 9.93. The van der Waals surface area contributed by atoms with Gasteiger partial charge >= 0.3 is 6.61 Å². The Kier molecular flexibility index (Phi) is 5.04. The second-order valence-electron chi connectivity index (χ2n) is 4.01. The molecule has 0 saturated heterocycles. The number of hydrogen-bond acceptors (Lipinski definition) is 4. The number of ketones is 1. The number of Topliss-reactive ketones (excluding diaryl/α,β-unsaturated/α-hetero) is 1. The van der Waals surface area contributed by atoms with Crippen LogP contribution in [0.4, 0.5) is 8.78 Å². The Labute approximate surface area is 131 Å². The van der Waals surface area contributed by atoms with Gasteiger partial charge in [-0.25, -0.2) is 0 Å². The number of hydrogen-bond donors (Lipinski definition) is 0. The Morgan fingerprint density at radius 1 is 1.33 bits per heavy atom. The molecule has 108 valence electrons. The lowest BCUT2D eigenvalue weighted by Crippen LogP contribution is -2.10. The van der Waals surface area contributed by atoms with Crippen molar-refractivity contribution in [3.8, 4) is 11.8 Å². The van der Waals surface area contributed by atoms with Crippen LogP contribution in [0.5, 0.6) is 5.75 Å². The average molecular weight is 372 g/mol. The normalized spacial score (nSPS) is 12.0. The number of nitriles is 1. The molecule has 1 unspecified atom stereocenters. The summed E-state index contributed by atoms with van der Waals surface area (Å²) in [6, 6.07) is 9.07. The minimum Gasteiger partial charge on any atom is -0.435 e. The molecule has 0 spiro atoms. The molecule has 3 nitrogen and oxygen atoms in total. The molecule has 0 amide bonds. The number of rotatable bonds is 5. The molecule has 0 aliphatic rings. The molecule has 7 heteroatoms. The molecule has 0 saturated carbocycles. The SMILES string of the molecule is N#CC(C(=O)c1csc(Br)c1)c1ccc(OC(F)F)cc1. The van der Waals surface area contributed by atoms with Gasteiger partial charge < -0.3 is 4.74 Å². The molecule has 2 rings (SSSR count). The first-order valence-corrected chi connectivity index (χ1v) is 7.41. The van der Waals surface area contributed by atoms with Crippen LogP contribution in [-0.4, -0.2) is 12.4 Å². The van der Waals surface area contributed by atoms with Crippen molar-refractivity contribution in [1.82, 2.24) is 0 Å². The van der Waals surface area contributed by atoms with Crippen molar-refractivity contribution in [1.29, 1.82) is 5.26 Å². The molecule has 0 N–H and O–H groups in total. The van der Waals surface area contributed by atoms with Crippen LogP contribution in [0.3, 0.4) is 0 Å². The summed E-state index contributed by atoms with van der Waals surface area (Å²) < 4.78 is 29.2. The molecule has 0 aliphatic heterocycles. The fraction of sp³-hybridized carbons (Fsp3) is 0.143. The number of carbonyl (C=O) groups is 1. The van der Waals surface area contributed by atoms with Crippen LogP contribution in [0.2, 0.25) is 0 Å². The fourth-order valence-corrected chi connectivity index (χ4v) is 2.88. The molecular weight excluding hydrogens is 364 g/mol. The van der Waals surface area contributed by atoms with E-state index in [1.165, 1.54) is 35.6 Å². The maximum Gasteiger partial charge on any atom is 0.387 e. The lowest BCUT2D eigenvalue weighted by Gasteiger charge is -2.09. The molecule has 0 aliphatic carbocycles. The quantitative estimate of drug-likeness (QED) is 0.721. The molecule has 2 aromatic rings. The third-order valence-corrected chi connectivity index (χ3v) is 4.19. The fourth-order valence-electron chi connectivity index (χ4n) is 1.73. The Bertz CT molecular complexity index is 679. The molecule has 1 aromatic heterocycles. The highest BCUT2D eigenvalue weighted by Crippen LogP contribution is 2.27. The highest BCUT2D eigenvalue weighted by molar-refractivity contribution is 9.11. The van der Waals surface area contributed by atoms with E-state index >= 15 is 0 Å². The molecule has 21 heavy (non-hydrogen) atoms. The first kappa shape index (κ1) is 15.6. The first-order valence-electron chi connectivity index (χ1n) is 5.74. The van der Waals surface area contributed by atoms with Crippen molar-refractivity contribution in [2.45, 2.75) is 12.5 Å². The van der Waals surface area contributed by atoms with E-state index in [-0.39, 0.29) is 11.5 Å². The Hall–Kier alpha value is -1.78. The van der Waals surface area contributed by atoms with Crippen LogP contribution in [0.1, 0.15) is 21.8 Å². The summed E-state index contributed by atoms with van der Waals surface area (Å²) in [6.45, 7) is -2.91. The third-order valence-electron chi connectivity index (χ3n) is 2.68. The molecule has 0 fully saturated rings. The van der Waals surface area contributed by atoms with E-state index < -0.39 is 12.5 Å². The molecule has 0 bridgehead atoms. The zero-order valence-corrected chi connectivity index (χ0v) is 12.8. The second kappa shape index (κ2) is 6.78. The predicted octanol–water partition coefficient (Wildman–Crippen LogP) is 4.60. The van der Waals surface area contributed by atoms with E-state index in [0.29, 0.717) is 11.1 Å². The minimum absolute atomic E-state index is 0.0174. The third kappa shape index (κ3) is 3.86. The number of nitrogens with zero attached hydrogens (tertiary/aromatic N) is 1. The number of benzene rings is 1. The predicted molar refractivity (Wildman–Crippen MR) is 77.8 cm³/mol. The monoisotopic (exact) mass is 371 g/mol. The summed E-state index contributed by atoms with van der Waals surface area (Å²) in [5.41, 5.74) is 0.873. The second-order valence-corrected chi connectivity index (χ2v) is 6.30. The molecule has 1 atom stereocenters. The van der Waals surface area contributed by atoms with Gasteiger partial charge in [-0.2, -0.15) is 14.0 Å². The summed E-state index contributed by atoms with van der Waals surface area (Å²) in [7, 11) is 0. The summed E-state index contributed by atoms with van der Waals surface area (Å²) in [5, 5.41) is 10.9. The number of carbonyl (C=O) groups excluding carboxylic acids is 1. The van der Waals surface area contributed by atoms with E-state index in [0.717, 1.165) is 3.79 Å². The Morgan fingerprint density at radius 3 is 2.48 bits per heavy atom. The molecule has 1 aromatic carbocycles. The summed E-state index contributed by atoms with van der Waals surface area (Å²) in [5.74, 6) is -1.33. The van der Waals surface area contributed by atoms with Gasteiger partial charge in [0.05, 0.1) is 9.86 Å². The van der Waals surface area contributed by atoms with Gasteiger partial charge in [-0.1, -0.05) is 12.1 Å². The van der Waals surface area contributed by atoms with Gasteiger partial charge in [0.15, 0.2) is 5.78 Å². The van der Waals surface area contributed by atoms with Gasteiger partial charge in [-0.05, 0) is 39.7 Å². The van der Waals surface area contributed by atoms with E-state index in [1.54, 1.807) is 11.4 Å². The number of halogens is 3. The first-order chi connectivity index (χ1) is 10.0. The average Bonchev–Trinajstić information content (AvgIpc) is 2.87. The summed E-state index contributed by atoms with van der Waals surface area (Å²) in [6.07, 6.45) is 0. The van der Waals surface area contributed by atoms with Gasteiger partial charge in [-0.15, -0.1) is 11.3 Å². The smallest absolute Gasteiger partial charge is 0.387 e. The van der Waals surface area contributed by atoms with E-state index in [4.69, 9.17) is 0 Å². The maximum absolute atomic E-state index is 12.3. The van der Waals surface area contributed by atoms with Crippen molar-refractivity contribution in [3.05, 3.63) is 50.6 Å². The number of thiophene rings is 1. The maximum atomic E-state index is 12.3. The minimum atomic E-state index is -2.91. The van der Waals surface area contributed by atoms with E-state index in [2.05, 4.69) is 20.7 Å². The van der Waals surface area contributed by atoms with Crippen LogP contribution in [-0.2, 0) is 0 Å². The van der Waals surface area contributed by atoms with Crippen LogP contribution in [0, 0.1) is 11.3 Å². The zero-order valence-electron chi connectivity index (χ0n) is 10.4. The molecular formula is C14H8BrF2NO2S. The van der Waals surface area contributed by atoms with Crippen LogP contribution >= 0.6 is 27.3 Å². The van der Waals surface area contributed by atoms with Crippen molar-refractivity contribution in [2.24, 2.45) is 0 Å². The number of ether oxygens (including phenoxy) is 1. The number of alkyl halides is 2. The summed E-state index contributed by atoms with van der Waals surface area (Å²) in [4.78, 5) is 12.3. The largest absolute Gasteiger partial charge is 0.435 e. The highest BCUT2D eigenvalue weighted by atomic mass is 79.9. The lowest BCUT2D eigenvalue weighted by molar-refractivity contribution is -0.0498. The van der Waals surface area contributed by atoms with Crippen molar-refractivity contribution >= 4 is 33.0 Å². The van der Waals surface area contributed by atoms with Gasteiger partial charge in [0.25, 0.3) is 0 Å². The molecule has 1 heterocycles. The van der Waals surface area contributed by atoms with Crippen LogP contribution < -0.4 is 4.74 Å². The van der Waals surface area contributed by atoms with Crippen LogP contribution in [0.25, 0.3) is 0 Å². The van der Waals surface area contributed by atoms with Crippen molar-refractivity contribution in [3.63, 3.8) is 0 Å². The summed E-state index contributed by atoms with van der Waals surface area (Å²) >= 11 is 4.60. The molecule has 0 radical (unpaired) electrons. The van der Waals surface area contributed by atoms with Gasteiger partial charge in [0.2, 0.25) is 0 Å². The van der Waals surface area contributed by atoms with Gasteiger partial charge in [0.1, 0.15) is 11.7 Å². The van der Waals surface area contributed by atoms with Crippen molar-refractivity contribution in [2.75, 3.05) is 0 Å². The van der Waals surface area contributed by atoms with E-state index in [9.17, 15) is 18.8 Å². The van der Waals surface area contributed by atoms with Gasteiger partial charge in [-0.3, -0.25) is 4.79 Å². The van der Waals surface area contributed by atoms with Crippen LogP contribution in [0.15, 0.2) is 39.5 Å². The van der Waals surface area contributed by atoms with E-state index in [1.807, 2.05) is 6.07 Å². The van der Waals surface area contributed by atoms with Gasteiger partial charge in [0, 0.05) is 10.9 Å². The van der Waals surface area contributed by atoms with Crippen molar-refractivity contribution < 1.29 is 18.3 Å². The topological polar surface area (TPSA) is 50.1 Å². The zero-order chi connectivity index (χ0) is 15.4.